The summed E-state index contributed by atoms with van der Waals surface area (Å²) in [6, 6.07) is 14.5. The van der Waals surface area contributed by atoms with E-state index in [2.05, 4.69) is 15.2 Å². The predicted molar refractivity (Wildman–Crippen MR) is 131 cm³/mol. The Balaban J connectivity index is 1.28. The van der Waals surface area contributed by atoms with Crippen LogP contribution in [-0.2, 0) is 6.54 Å². The summed E-state index contributed by atoms with van der Waals surface area (Å²) < 4.78 is 1.90. The van der Waals surface area contributed by atoms with E-state index in [9.17, 15) is 9.59 Å². The van der Waals surface area contributed by atoms with Crippen molar-refractivity contribution in [3.8, 4) is 0 Å². The van der Waals surface area contributed by atoms with Gasteiger partial charge < -0.3 is 14.6 Å². The van der Waals surface area contributed by atoms with Crippen LogP contribution in [0, 0.1) is 0 Å². The van der Waals surface area contributed by atoms with Crippen molar-refractivity contribution in [1.82, 2.24) is 14.5 Å². The molecule has 1 atom stereocenters. The molecule has 1 aromatic carbocycles. The van der Waals surface area contributed by atoms with Gasteiger partial charge in [-0.1, -0.05) is 0 Å². The summed E-state index contributed by atoms with van der Waals surface area (Å²) in [5.41, 5.74) is 3.78. The molecule has 1 saturated heterocycles. The lowest BCUT2D eigenvalue weighted by Gasteiger charge is -2.25. The summed E-state index contributed by atoms with van der Waals surface area (Å²) in [6.07, 6.45) is 7.33. The van der Waals surface area contributed by atoms with Gasteiger partial charge in [0.15, 0.2) is 5.13 Å². The second-order valence-electron chi connectivity index (χ2n) is 8.11. The molecule has 0 spiro atoms. The van der Waals surface area contributed by atoms with Crippen LogP contribution in [0.5, 0.6) is 0 Å². The number of carbonyl (C=O) groups excluding carboxylic acids is 1. The second kappa shape index (κ2) is 9.48. The maximum atomic E-state index is 13.0. The van der Waals surface area contributed by atoms with Crippen LogP contribution in [0.3, 0.4) is 0 Å². The minimum Gasteiger partial charge on any atom is -0.478 e. The van der Waals surface area contributed by atoms with E-state index in [0.29, 0.717) is 17.4 Å². The van der Waals surface area contributed by atoms with E-state index in [1.54, 1.807) is 30.6 Å². The summed E-state index contributed by atoms with van der Waals surface area (Å²) in [5.74, 6) is -1.14. The number of carboxylic acid groups (broad SMARTS) is 1. The van der Waals surface area contributed by atoms with Crippen LogP contribution in [0.15, 0.2) is 72.5 Å². The number of aromatic nitrogens is 3. The van der Waals surface area contributed by atoms with Gasteiger partial charge in [0.25, 0.3) is 5.91 Å². The lowest BCUT2D eigenvalue weighted by Crippen LogP contribution is -2.23. The number of nitrogens with one attached hydrogen (secondary N) is 1. The first-order valence-electron chi connectivity index (χ1n) is 11.0. The van der Waals surface area contributed by atoms with Crippen molar-refractivity contribution >= 4 is 34.0 Å². The quantitative estimate of drug-likeness (QED) is 0.404. The number of aromatic carboxylic acids is 1. The molecule has 9 heteroatoms. The molecule has 8 nitrogen and oxygen atoms in total. The van der Waals surface area contributed by atoms with E-state index in [0.717, 1.165) is 36.3 Å². The van der Waals surface area contributed by atoms with E-state index < -0.39 is 5.97 Å². The molecule has 1 fully saturated rings. The minimum absolute atomic E-state index is 0.0909. The largest absolute Gasteiger partial charge is 0.478 e. The molecular formula is C25H23N5O3S. The Hall–Kier alpha value is -3.98. The summed E-state index contributed by atoms with van der Waals surface area (Å²) in [6.45, 7) is 1.46. The van der Waals surface area contributed by atoms with Crippen molar-refractivity contribution in [2.24, 2.45) is 0 Å². The van der Waals surface area contributed by atoms with Gasteiger partial charge in [0.1, 0.15) is 5.69 Å². The van der Waals surface area contributed by atoms with Crippen LogP contribution in [0.25, 0.3) is 0 Å². The number of nitrogens with zero attached hydrogens (tertiary/aromatic N) is 4. The fourth-order valence-corrected chi connectivity index (χ4v) is 5.03. The first-order chi connectivity index (χ1) is 16.6. The number of hydrogen-bond acceptors (Lipinski definition) is 6. The van der Waals surface area contributed by atoms with Gasteiger partial charge in [0.2, 0.25) is 0 Å². The Kier molecular flexibility index (Phi) is 6.09. The fourth-order valence-electron chi connectivity index (χ4n) is 4.28. The SMILES string of the molecule is O=C(O)c1ccc(N2CCC[C@@H]2c2csc(NC(=O)c3cccn3Cc3ccncc3)n2)cc1. The molecule has 3 aromatic heterocycles. The normalized spacial score (nSPS) is 15.4. The molecule has 0 aliphatic carbocycles. The zero-order chi connectivity index (χ0) is 23.5. The number of pyridine rings is 1. The zero-order valence-electron chi connectivity index (χ0n) is 18.3. The lowest BCUT2D eigenvalue weighted by molar-refractivity contribution is 0.0696. The average molecular weight is 474 g/mol. The minimum atomic E-state index is -0.934. The molecule has 2 N–H and O–H groups in total. The number of anilines is 2. The Bertz CT molecular complexity index is 1300. The number of hydrogen-bond donors (Lipinski definition) is 2. The zero-order valence-corrected chi connectivity index (χ0v) is 19.1. The van der Waals surface area contributed by atoms with Crippen molar-refractivity contribution < 1.29 is 14.7 Å². The Morgan fingerprint density at radius 1 is 1.12 bits per heavy atom. The Labute approximate surface area is 200 Å². The molecule has 4 heterocycles. The highest BCUT2D eigenvalue weighted by atomic mass is 32.1. The molecule has 5 rings (SSSR count). The number of benzene rings is 1. The second-order valence-corrected chi connectivity index (χ2v) is 8.97. The number of amides is 1. The third-order valence-electron chi connectivity index (χ3n) is 5.95. The summed E-state index contributed by atoms with van der Waals surface area (Å²) in [7, 11) is 0. The van der Waals surface area contributed by atoms with Crippen molar-refractivity contribution in [3.63, 3.8) is 0 Å². The van der Waals surface area contributed by atoms with Crippen LogP contribution in [0.2, 0.25) is 0 Å². The van der Waals surface area contributed by atoms with E-state index in [4.69, 9.17) is 10.1 Å². The topological polar surface area (TPSA) is 100 Å². The molecule has 1 aliphatic heterocycles. The maximum Gasteiger partial charge on any atom is 0.335 e. The van der Waals surface area contributed by atoms with E-state index in [1.807, 2.05) is 46.5 Å². The number of thiazole rings is 1. The summed E-state index contributed by atoms with van der Waals surface area (Å²) >= 11 is 1.41. The van der Waals surface area contributed by atoms with Crippen LogP contribution in [0.4, 0.5) is 10.8 Å². The highest BCUT2D eigenvalue weighted by Crippen LogP contribution is 2.37. The monoisotopic (exact) mass is 473 g/mol. The van der Waals surface area contributed by atoms with Gasteiger partial charge in [0.05, 0.1) is 17.3 Å². The van der Waals surface area contributed by atoms with Crippen LogP contribution in [0.1, 0.15) is 51.0 Å². The Morgan fingerprint density at radius 3 is 2.68 bits per heavy atom. The van der Waals surface area contributed by atoms with E-state index in [1.165, 1.54) is 11.3 Å². The van der Waals surface area contributed by atoms with Gasteiger partial charge in [-0.15, -0.1) is 11.3 Å². The molecule has 1 aliphatic rings. The first-order valence-corrected chi connectivity index (χ1v) is 11.9. The third-order valence-corrected chi connectivity index (χ3v) is 6.72. The number of carboxylic acids is 1. The maximum absolute atomic E-state index is 13.0. The first kappa shape index (κ1) is 21.8. The molecule has 0 radical (unpaired) electrons. The molecular weight excluding hydrogens is 450 g/mol. The van der Waals surface area contributed by atoms with E-state index >= 15 is 0 Å². The third kappa shape index (κ3) is 4.55. The van der Waals surface area contributed by atoms with Gasteiger partial charge in [-0.3, -0.25) is 15.1 Å². The molecule has 0 saturated carbocycles. The van der Waals surface area contributed by atoms with E-state index in [-0.39, 0.29) is 17.5 Å². The van der Waals surface area contributed by atoms with Gasteiger partial charge in [0, 0.05) is 42.7 Å². The van der Waals surface area contributed by atoms with Crippen LogP contribution in [-0.4, -0.2) is 38.1 Å². The number of carbonyl (C=O) groups is 2. The number of rotatable bonds is 7. The van der Waals surface area contributed by atoms with Gasteiger partial charge in [-0.05, 0) is 66.9 Å². The van der Waals surface area contributed by atoms with Crippen molar-refractivity contribution in [3.05, 3.63) is 95.0 Å². The smallest absolute Gasteiger partial charge is 0.335 e. The predicted octanol–water partition coefficient (Wildman–Crippen LogP) is 4.68. The fraction of sp³-hybridized carbons (Fsp3) is 0.200. The van der Waals surface area contributed by atoms with Gasteiger partial charge >= 0.3 is 5.97 Å². The molecule has 1 amide bonds. The highest BCUT2D eigenvalue weighted by Gasteiger charge is 2.28. The van der Waals surface area contributed by atoms with Crippen molar-refractivity contribution in [2.75, 3.05) is 16.8 Å². The molecule has 0 bridgehead atoms. The standard InChI is InChI=1S/C25H23N5O3S/c31-23(22-4-1-13-29(22)15-17-9-11-26-12-10-17)28-25-27-20(16-34-25)21-3-2-14-30(21)19-7-5-18(6-8-19)24(32)33/h1,4-13,16,21H,2-3,14-15H2,(H,32,33)(H,27,28,31)/t21-/m1/s1. The van der Waals surface area contributed by atoms with Gasteiger partial charge in [-0.2, -0.15) is 0 Å². The molecule has 4 aromatic rings. The van der Waals surface area contributed by atoms with Crippen LogP contribution >= 0.6 is 11.3 Å². The average Bonchev–Trinajstić information content (AvgIpc) is 3.60. The highest BCUT2D eigenvalue weighted by molar-refractivity contribution is 7.14. The molecule has 0 unspecified atom stereocenters. The van der Waals surface area contributed by atoms with Gasteiger partial charge in [-0.25, -0.2) is 9.78 Å². The van der Waals surface area contributed by atoms with Crippen molar-refractivity contribution in [1.29, 1.82) is 0 Å². The van der Waals surface area contributed by atoms with Crippen molar-refractivity contribution in [2.45, 2.75) is 25.4 Å². The summed E-state index contributed by atoms with van der Waals surface area (Å²) in [5, 5.41) is 14.6. The molecule has 172 valence electrons. The Morgan fingerprint density at radius 2 is 1.91 bits per heavy atom. The van der Waals surface area contributed by atoms with Crippen LogP contribution < -0.4 is 10.2 Å². The summed E-state index contributed by atoms with van der Waals surface area (Å²) in [4.78, 5) is 35.1. The lowest BCUT2D eigenvalue weighted by atomic mass is 10.1. The molecule has 34 heavy (non-hydrogen) atoms.